The van der Waals surface area contributed by atoms with Gasteiger partial charge in [0.2, 0.25) is 11.8 Å². The van der Waals surface area contributed by atoms with Crippen LogP contribution in [0, 0.1) is 0 Å². The quantitative estimate of drug-likeness (QED) is 0.786. The number of fused-ring (bicyclic) bond motifs is 2. The van der Waals surface area contributed by atoms with E-state index < -0.39 is 0 Å². The van der Waals surface area contributed by atoms with Crippen LogP contribution >= 0.6 is 15.9 Å². The molecule has 5 heteroatoms. The summed E-state index contributed by atoms with van der Waals surface area (Å²) in [5.74, 6) is 0.552. The average Bonchev–Trinajstić information content (AvgIpc) is 2.40. The molecule has 1 aromatic carbocycles. The number of hydrogen-bond acceptors (Lipinski definition) is 2. The van der Waals surface area contributed by atoms with E-state index in [4.69, 9.17) is 0 Å². The van der Waals surface area contributed by atoms with Gasteiger partial charge >= 0.3 is 0 Å². The molecule has 3 fully saturated rings. The summed E-state index contributed by atoms with van der Waals surface area (Å²) in [6.07, 6.45) is 0. The highest BCUT2D eigenvalue weighted by Gasteiger charge is 2.55. The lowest BCUT2D eigenvalue weighted by atomic mass is 9.71. The fourth-order valence-electron chi connectivity index (χ4n) is 3.53. The fraction of sp³-hybridized carbons (Fsp3) is 0.467. The zero-order chi connectivity index (χ0) is 14.4. The van der Waals surface area contributed by atoms with Crippen LogP contribution in [0.3, 0.4) is 0 Å². The molecule has 3 aliphatic heterocycles. The van der Waals surface area contributed by atoms with Gasteiger partial charge in [-0.25, -0.2) is 0 Å². The average molecular weight is 337 g/mol. The van der Waals surface area contributed by atoms with Gasteiger partial charge in [0.15, 0.2) is 0 Å². The zero-order valence-electron chi connectivity index (χ0n) is 11.5. The number of carbonyl (C=O) groups is 2. The first kappa shape index (κ1) is 13.6. The predicted octanol–water partition coefficient (Wildman–Crippen LogP) is 1.99. The van der Waals surface area contributed by atoms with E-state index in [0.29, 0.717) is 19.0 Å². The van der Waals surface area contributed by atoms with Crippen molar-refractivity contribution in [2.45, 2.75) is 31.8 Å². The Balaban J connectivity index is 1.86. The van der Waals surface area contributed by atoms with E-state index in [9.17, 15) is 9.59 Å². The Kier molecular flexibility index (Phi) is 3.32. The van der Waals surface area contributed by atoms with E-state index in [1.54, 1.807) is 13.8 Å². The van der Waals surface area contributed by atoms with Crippen LogP contribution in [-0.2, 0) is 9.59 Å². The van der Waals surface area contributed by atoms with Gasteiger partial charge in [-0.1, -0.05) is 28.1 Å². The first-order valence-corrected chi connectivity index (χ1v) is 7.58. The van der Waals surface area contributed by atoms with Crippen LogP contribution < -0.4 is 0 Å². The van der Waals surface area contributed by atoms with E-state index in [-0.39, 0.29) is 23.9 Å². The lowest BCUT2D eigenvalue weighted by Crippen LogP contribution is -2.74. The molecule has 1 unspecified atom stereocenters. The van der Waals surface area contributed by atoms with Crippen molar-refractivity contribution in [2.24, 2.45) is 0 Å². The highest BCUT2D eigenvalue weighted by atomic mass is 79.9. The van der Waals surface area contributed by atoms with Gasteiger partial charge in [0.25, 0.3) is 0 Å². The van der Waals surface area contributed by atoms with E-state index in [0.717, 1.165) is 4.47 Å². The SMILES string of the molecule is CC(=O)N1C[C@@H]2C(c3ccc(Br)cc3)[C@H](C1)N2C(C)=O. The molecule has 0 spiro atoms. The maximum atomic E-state index is 11.8. The molecule has 0 aromatic heterocycles. The number of carbonyl (C=O) groups excluding carboxylic acids is 2. The fourth-order valence-corrected chi connectivity index (χ4v) is 3.79. The van der Waals surface area contributed by atoms with Crippen molar-refractivity contribution in [3.63, 3.8) is 0 Å². The highest BCUT2D eigenvalue weighted by molar-refractivity contribution is 9.10. The van der Waals surface area contributed by atoms with Crippen LogP contribution in [0.25, 0.3) is 0 Å². The topological polar surface area (TPSA) is 40.6 Å². The Hall–Kier alpha value is -1.36. The molecule has 20 heavy (non-hydrogen) atoms. The summed E-state index contributed by atoms with van der Waals surface area (Å²) >= 11 is 3.44. The molecule has 0 saturated carbocycles. The highest BCUT2D eigenvalue weighted by Crippen LogP contribution is 2.44. The molecule has 0 radical (unpaired) electrons. The minimum atomic E-state index is 0.0949. The number of hydrogen-bond donors (Lipinski definition) is 0. The molecule has 0 aliphatic carbocycles. The van der Waals surface area contributed by atoms with Gasteiger partial charge in [-0.2, -0.15) is 0 Å². The summed E-state index contributed by atoms with van der Waals surface area (Å²) in [4.78, 5) is 27.1. The molecule has 3 saturated heterocycles. The maximum absolute atomic E-state index is 11.8. The normalized spacial score (nSPS) is 28.1. The molecule has 3 heterocycles. The zero-order valence-corrected chi connectivity index (χ0v) is 13.1. The lowest BCUT2D eigenvalue weighted by Gasteiger charge is -2.61. The number of piperidine rings is 1. The Morgan fingerprint density at radius 2 is 1.60 bits per heavy atom. The third-order valence-electron chi connectivity index (χ3n) is 4.42. The van der Waals surface area contributed by atoms with Crippen LogP contribution in [0.15, 0.2) is 28.7 Å². The van der Waals surface area contributed by atoms with Crippen molar-refractivity contribution >= 4 is 27.7 Å². The number of piperazine rings is 1. The van der Waals surface area contributed by atoms with Crippen LogP contribution in [-0.4, -0.2) is 46.8 Å². The minimum absolute atomic E-state index is 0.0949. The monoisotopic (exact) mass is 336 g/mol. The summed E-state index contributed by atoms with van der Waals surface area (Å²) in [6.45, 7) is 4.50. The maximum Gasteiger partial charge on any atom is 0.220 e. The van der Waals surface area contributed by atoms with Gasteiger partial charge in [-0.15, -0.1) is 0 Å². The number of nitrogens with zero attached hydrogens (tertiary/aromatic N) is 2. The van der Waals surface area contributed by atoms with Gasteiger partial charge in [0, 0.05) is 37.3 Å². The largest absolute Gasteiger partial charge is 0.339 e. The van der Waals surface area contributed by atoms with E-state index in [1.807, 2.05) is 21.9 Å². The van der Waals surface area contributed by atoms with Crippen LogP contribution in [0.1, 0.15) is 25.3 Å². The molecule has 106 valence electrons. The van der Waals surface area contributed by atoms with Gasteiger partial charge in [0.1, 0.15) is 0 Å². The number of benzene rings is 1. The van der Waals surface area contributed by atoms with Gasteiger partial charge in [-0.3, -0.25) is 9.59 Å². The molecule has 1 aromatic rings. The van der Waals surface area contributed by atoms with E-state index in [1.165, 1.54) is 5.56 Å². The lowest BCUT2D eigenvalue weighted by molar-refractivity contribution is -0.162. The van der Waals surface area contributed by atoms with E-state index in [2.05, 4.69) is 28.1 Å². The van der Waals surface area contributed by atoms with Crippen molar-refractivity contribution < 1.29 is 9.59 Å². The summed E-state index contributed by atoms with van der Waals surface area (Å²) in [6, 6.07) is 8.52. The van der Waals surface area contributed by atoms with Gasteiger partial charge < -0.3 is 9.80 Å². The molecule has 4 rings (SSSR count). The second kappa shape index (κ2) is 4.88. The molecule has 2 amide bonds. The first-order chi connectivity index (χ1) is 9.49. The van der Waals surface area contributed by atoms with Crippen molar-refractivity contribution in [1.29, 1.82) is 0 Å². The Bertz CT molecular complexity index is 543. The summed E-state index contributed by atoms with van der Waals surface area (Å²) in [5.41, 5.74) is 1.25. The number of rotatable bonds is 1. The standard InChI is InChI=1S/C15H17BrN2O2/c1-9(19)17-7-13-15(11-3-5-12(16)6-4-11)14(8-17)18(13)10(2)20/h3-6,13-15H,7-8H2,1-2H3/t13-,14+,15?. The van der Waals surface area contributed by atoms with Crippen LogP contribution in [0.2, 0.25) is 0 Å². The molecule has 2 bridgehead atoms. The van der Waals surface area contributed by atoms with Gasteiger partial charge in [0.05, 0.1) is 12.1 Å². The molecular weight excluding hydrogens is 320 g/mol. The van der Waals surface area contributed by atoms with Crippen LogP contribution in [0.4, 0.5) is 0 Å². The summed E-state index contributed by atoms with van der Waals surface area (Å²) in [7, 11) is 0. The molecule has 4 nitrogen and oxygen atoms in total. The third-order valence-corrected chi connectivity index (χ3v) is 4.95. The smallest absolute Gasteiger partial charge is 0.220 e. The van der Waals surface area contributed by atoms with Crippen molar-refractivity contribution in [1.82, 2.24) is 9.80 Å². The minimum Gasteiger partial charge on any atom is -0.339 e. The Morgan fingerprint density at radius 1 is 1.05 bits per heavy atom. The summed E-state index contributed by atoms with van der Waals surface area (Å²) in [5, 5.41) is 0. The van der Waals surface area contributed by atoms with Crippen molar-refractivity contribution in [3.05, 3.63) is 34.3 Å². The molecular formula is C15H17BrN2O2. The number of halogens is 1. The molecule has 3 atom stereocenters. The second-order valence-electron chi connectivity index (χ2n) is 5.56. The van der Waals surface area contributed by atoms with Crippen molar-refractivity contribution in [2.75, 3.05) is 13.1 Å². The second-order valence-corrected chi connectivity index (χ2v) is 6.48. The van der Waals surface area contributed by atoms with Crippen molar-refractivity contribution in [3.8, 4) is 0 Å². The van der Waals surface area contributed by atoms with Crippen LogP contribution in [0.5, 0.6) is 0 Å². The van der Waals surface area contributed by atoms with Gasteiger partial charge in [-0.05, 0) is 17.7 Å². The first-order valence-electron chi connectivity index (χ1n) is 6.79. The molecule has 3 aliphatic rings. The predicted molar refractivity (Wildman–Crippen MR) is 79.2 cm³/mol. The Morgan fingerprint density at radius 3 is 2.05 bits per heavy atom. The molecule has 0 N–H and O–H groups in total. The van der Waals surface area contributed by atoms with E-state index >= 15 is 0 Å². The summed E-state index contributed by atoms with van der Waals surface area (Å²) < 4.78 is 1.06. The third kappa shape index (κ3) is 2.04. The Labute approximate surface area is 126 Å². The number of amides is 2.